The molecule has 1 N–H and O–H groups in total. The van der Waals surface area contributed by atoms with Crippen molar-refractivity contribution in [2.75, 3.05) is 13.2 Å². The summed E-state index contributed by atoms with van der Waals surface area (Å²) < 4.78 is 11.6. The molecule has 0 unspecified atom stereocenters. The fourth-order valence-corrected chi connectivity index (χ4v) is 1.36. The molecule has 0 saturated heterocycles. The lowest BCUT2D eigenvalue weighted by Crippen LogP contribution is -2.20. The fourth-order valence-electron chi connectivity index (χ4n) is 1.02. The van der Waals surface area contributed by atoms with Gasteiger partial charge in [-0.25, -0.2) is 0 Å². The number of rotatable bonds is 6. The molecule has 0 spiro atoms. The van der Waals surface area contributed by atoms with E-state index >= 15 is 0 Å². The molecule has 1 heterocycles. The first-order valence-electron chi connectivity index (χ1n) is 4.74. The summed E-state index contributed by atoms with van der Waals surface area (Å²) in [6.07, 6.45) is 1.97. The van der Waals surface area contributed by atoms with Crippen LogP contribution < -0.4 is 5.32 Å². The zero-order chi connectivity index (χ0) is 10.4. The van der Waals surface area contributed by atoms with E-state index in [1.807, 2.05) is 19.9 Å². The highest BCUT2D eigenvalue weighted by atomic mass is 79.9. The molecule has 0 atom stereocenters. The van der Waals surface area contributed by atoms with E-state index in [-0.39, 0.29) is 0 Å². The molecule has 1 rings (SSSR count). The topological polar surface area (TPSA) is 34.4 Å². The molecule has 0 aliphatic heterocycles. The zero-order valence-electron chi connectivity index (χ0n) is 8.55. The van der Waals surface area contributed by atoms with Gasteiger partial charge in [-0.1, -0.05) is 0 Å². The second-order valence-corrected chi connectivity index (χ2v) is 4.14. The summed E-state index contributed by atoms with van der Waals surface area (Å²) >= 11 is 3.39. The molecule has 4 heteroatoms. The van der Waals surface area contributed by atoms with E-state index in [2.05, 4.69) is 21.2 Å². The fraction of sp³-hybridized carbons (Fsp3) is 0.600. The van der Waals surface area contributed by atoms with Gasteiger partial charge in [0.15, 0.2) is 0 Å². The molecular weight excluding hydrogens is 246 g/mol. The van der Waals surface area contributed by atoms with Gasteiger partial charge in [0, 0.05) is 6.54 Å². The SMILES string of the molecule is CC(C)OCCNCc1occc1Br. The van der Waals surface area contributed by atoms with Crippen molar-refractivity contribution in [2.45, 2.75) is 26.5 Å². The number of ether oxygens (including phenoxy) is 1. The number of hydrogen-bond donors (Lipinski definition) is 1. The molecule has 3 nitrogen and oxygen atoms in total. The van der Waals surface area contributed by atoms with Crippen LogP contribution in [-0.2, 0) is 11.3 Å². The van der Waals surface area contributed by atoms with E-state index < -0.39 is 0 Å². The van der Waals surface area contributed by atoms with Crippen LogP contribution in [0.1, 0.15) is 19.6 Å². The van der Waals surface area contributed by atoms with Crippen molar-refractivity contribution < 1.29 is 9.15 Å². The van der Waals surface area contributed by atoms with Gasteiger partial charge in [0.05, 0.1) is 30.0 Å². The molecule has 0 bridgehead atoms. The third kappa shape index (κ3) is 4.26. The minimum absolute atomic E-state index is 0.298. The van der Waals surface area contributed by atoms with Crippen LogP contribution in [0.2, 0.25) is 0 Å². The van der Waals surface area contributed by atoms with Crippen LogP contribution in [0.3, 0.4) is 0 Å². The molecule has 0 saturated carbocycles. The smallest absolute Gasteiger partial charge is 0.131 e. The van der Waals surface area contributed by atoms with Gasteiger partial charge in [0.25, 0.3) is 0 Å². The van der Waals surface area contributed by atoms with E-state index in [1.165, 1.54) is 0 Å². The predicted octanol–water partition coefficient (Wildman–Crippen LogP) is 2.56. The Balaban J connectivity index is 2.08. The molecule has 0 aliphatic rings. The van der Waals surface area contributed by atoms with Gasteiger partial charge in [0.1, 0.15) is 5.76 Å². The van der Waals surface area contributed by atoms with Crippen LogP contribution in [0.15, 0.2) is 21.2 Å². The largest absolute Gasteiger partial charge is 0.467 e. The predicted molar refractivity (Wildman–Crippen MR) is 59.2 cm³/mol. The van der Waals surface area contributed by atoms with Crippen molar-refractivity contribution in [2.24, 2.45) is 0 Å². The summed E-state index contributed by atoms with van der Waals surface area (Å²) in [5.74, 6) is 0.926. The average Bonchev–Trinajstić information content (AvgIpc) is 2.51. The molecular formula is C10H16BrNO2. The van der Waals surface area contributed by atoms with E-state index in [0.29, 0.717) is 6.10 Å². The Morgan fingerprint density at radius 3 is 2.93 bits per heavy atom. The van der Waals surface area contributed by atoms with Gasteiger partial charge in [-0.2, -0.15) is 0 Å². The highest BCUT2D eigenvalue weighted by Gasteiger charge is 2.01. The Bertz CT molecular complexity index is 260. The number of halogens is 1. The number of nitrogens with one attached hydrogen (secondary N) is 1. The molecule has 0 aliphatic carbocycles. The lowest BCUT2D eigenvalue weighted by molar-refractivity contribution is 0.0805. The van der Waals surface area contributed by atoms with Crippen molar-refractivity contribution in [1.82, 2.24) is 5.32 Å². The van der Waals surface area contributed by atoms with Gasteiger partial charge in [0.2, 0.25) is 0 Å². The molecule has 14 heavy (non-hydrogen) atoms. The monoisotopic (exact) mass is 261 g/mol. The second-order valence-electron chi connectivity index (χ2n) is 3.29. The van der Waals surface area contributed by atoms with Crippen molar-refractivity contribution in [3.05, 3.63) is 22.6 Å². The molecule has 0 amide bonds. The van der Waals surface area contributed by atoms with E-state index in [4.69, 9.17) is 9.15 Å². The first kappa shape index (κ1) is 11.8. The summed E-state index contributed by atoms with van der Waals surface area (Å²) in [6.45, 7) is 6.36. The summed E-state index contributed by atoms with van der Waals surface area (Å²) in [7, 11) is 0. The van der Waals surface area contributed by atoms with Gasteiger partial charge < -0.3 is 14.5 Å². The standard InChI is InChI=1S/C10H16BrNO2/c1-8(2)13-6-4-12-7-10-9(11)3-5-14-10/h3,5,8,12H,4,6-7H2,1-2H3. The van der Waals surface area contributed by atoms with Crippen molar-refractivity contribution >= 4 is 15.9 Å². The zero-order valence-corrected chi connectivity index (χ0v) is 10.1. The summed E-state index contributed by atoms with van der Waals surface area (Å²) in [4.78, 5) is 0. The van der Waals surface area contributed by atoms with Crippen LogP contribution in [0.4, 0.5) is 0 Å². The van der Waals surface area contributed by atoms with Crippen LogP contribution in [0, 0.1) is 0 Å². The van der Waals surface area contributed by atoms with E-state index in [1.54, 1.807) is 6.26 Å². The third-order valence-electron chi connectivity index (χ3n) is 1.71. The van der Waals surface area contributed by atoms with Crippen molar-refractivity contribution in [3.63, 3.8) is 0 Å². The van der Waals surface area contributed by atoms with E-state index in [9.17, 15) is 0 Å². The minimum Gasteiger partial charge on any atom is -0.467 e. The summed E-state index contributed by atoms with van der Waals surface area (Å²) in [5.41, 5.74) is 0. The molecule has 0 aromatic carbocycles. The molecule has 1 aromatic rings. The Hall–Kier alpha value is -0.320. The van der Waals surface area contributed by atoms with Crippen molar-refractivity contribution in [3.8, 4) is 0 Å². The normalized spacial score (nSPS) is 11.1. The molecule has 1 aromatic heterocycles. The lowest BCUT2D eigenvalue weighted by atomic mass is 10.4. The van der Waals surface area contributed by atoms with Gasteiger partial charge >= 0.3 is 0 Å². The van der Waals surface area contributed by atoms with E-state index in [0.717, 1.165) is 29.9 Å². The van der Waals surface area contributed by atoms with Gasteiger partial charge in [-0.05, 0) is 35.8 Å². The maximum Gasteiger partial charge on any atom is 0.131 e. The minimum atomic E-state index is 0.298. The van der Waals surface area contributed by atoms with Crippen LogP contribution >= 0.6 is 15.9 Å². The Morgan fingerprint density at radius 1 is 1.57 bits per heavy atom. The second kappa shape index (κ2) is 6.22. The number of hydrogen-bond acceptors (Lipinski definition) is 3. The maximum absolute atomic E-state index is 5.39. The van der Waals surface area contributed by atoms with Crippen LogP contribution in [0.5, 0.6) is 0 Å². The highest BCUT2D eigenvalue weighted by molar-refractivity contribution is 9.10. The maximum atomic E-state index is 5.39. The van der Waals surface area contributed by atoms with Crippen LogP contribution in [0.25, 0.3) is 0 Å². The molecule has 0 fully saturated rings. The Kier molecular flexibility index (Phi) is 5.22. The first-order valence-corrected chi connectivity index (χ1v) is 5.53. The molecule has 80 valence electrons. The summed E-state index contributed by atoms with van der Waals surface area (Å²) in [6, 6.07) is 1.89. The Labute approximate surface area is 92.9 Å². The first-order chi connectivity index (χ1) is 6.70. The van der Waals surface area contributed by atoms with Crippen molar-refractivity contribution in [1.29, 1.82) is 0 Å². The third-order valence-corrected chi connectivity index (χ3v) is 2.41. The quantitative estimate of drug-likeness (QED) is 0.800. The Morgan fingerprint density at radius 2 is 2.36 bits per heavy atom. The summed E-state index contributed by atoms with van der Waals surface area (Å²) in [5, 5.41) is 3.24. The average molecular weight is 262 g/mol. The van der Waals surface area contributed by atoms with Crippen LogP contribution in [-0.4, -0.2) is 19.3 Å². The lowest BCUT2D eigenvalue weighted by Gasteiger charge is -2.07. The van der Waals surface area contributed by atoms with Gasteiger partial charge in [-0.3, -0.25) is 0 Å². The van der Waals surface area contributed by atoms with Gasteiger partial charge in [-0.15, -0.1) is 0 Å². The molecule has 0 radical (unpaired) electrons. The highest BCUT2D eigenvalue weighted by Crippen LogP contribution is 2.16. The number of furan rings is 1.